The lowest BCUT2D eigenvalue weighted by molar-refractivity contribution is -0.149. The summed E-state index contributed by atoms with van der Waals surface area (Å²) in [5.41, 5.74) is 2.02. The predicted octanol–water partition coefficient (Wildman–Crippen LogP) is 3.40. The normalized spacial score (nSPS) is 16.3. The minimum atomic E-state index is -0.130. The van der Waals surface area contributed by atoms with Gasteiger partial charge in [-0.1, -0.05) is 32.9 Å². The molecule has 1 aliphatic rings. The van der Waals surface area contributed by atoms with Gasteiger partial charge < -0.3 is 9.64 Å². The van der Waals surface area contributed by atoms with Crippen molar-refractivity contribution in [3.63, 3.8) is 0 Å². The van der Waals surface area contributed by atoms with E-state index in [1.807, 2.05) is 36.1 Å². The molecule has 4 heteroatoms. The van der Waals surface area contributed by atoms with Crippen molar-refractivity contribution in [2.24, 2.45) is 5.92 Å². The topological polar surface area (TPSA) is 46.6 Å². The van der Waals surface area contributed by atoms with E-state index in [4.69, 9.17) is 4.74 Å². The molecule has 1 aliphatic heterocycles. The summed E-state index contributed by atoms with van der Waals surface area (Å²) in [6, 6.07) is 7.86. The quantitative estimate of drug-likeness (QED) is 0.803. The summed E-state index contributed by atoms with van der Waals surface area (Å²) >= 11 is 0. The second kappa shape index (κ2) is 7.16. The van der Waals surface area contributed by atoms with Crippen molar-refractivity contribution in [3.05, 3.63) is 35.4 Å². The SMILES string of the molecule is CCOC(=O)C1CCN(C(=O)c2ccc(C(C)(C)C)cc2)CC1. The van der Waals surface area contributed by atoms with Crippen LogP contribution in [0.15, 0.2) is 24.3 Å². The molecule has 1 heterocycles. The van der Waals surface area contributed by atoms with E-state index in [1.165, 1.54) is 5.56 Å². The van der Waals surface area contributed by atoms with Gasteiger partial charge in [-0.15, -0.1) is 0 Å². The number of likely N-dealkylation sites (tertiary alicyclic amines) is 1. The molecule has 2 rings (SSSR count). The molecular weight excluding hydrogens is 290 g/mol. The van der Waals surface area contributed by atoms with Gasteiger partial charge >= 0.3 is 5.97 Å². The fourth-order valence-corrected chi connectivity index (χ4v) is 2.87. The Balaban J connectivity index is 1.96. The molecular formula is C19H27NO3. The molecule has 23 heavy (non-hydrogen) atoms. The zero-order chi connectivity index (χ0) is 17.0. The molecule has 0 spiro atoms. The molecule has 1 fully saturated rings. The first-order valence-corrected chi connectivity index (χ1v) is 8.39. The number of carbonyl (C=O) groups is 2. The van der Waals surface area contributed by atoms with Crippen LogP contribution in [0.3, 0.4) is 0 Å². The highest BCUT2D eigenvalue weighted by Crippen LogP contribution is 2.24. The summed E-state index contributed by atoms with van der Waals surface area (Å²) in [6.45, 7) is 9.93. The van der Waals surface area contributed by atoms with Crippen LogP contribution < -0.4 is 0 Å². The number of amides is 1. The number of benzene rings is 1. The molecule has 0 unspecified atom stereocenters. The lowest BCUT2D eigenvalue weighted by Crippen LogP contribution is -2.40. The zero-order valence-electron chi connectivity index (χ0n) is 14.6. The average Bonchev–Trinajstić information content (AvgIpc) is 2.54. The van der Waals surface area contributed by atoms with Gasteiger partial charge in [-0.3, -0.25) is 9.59 Å². The molecule has 1 amide bonds. The van der Waals surface area contributed by atoms with Crippen molar-refractivity contribution >= 4 is 11.9 Å². The monoisotopic (exact) mass is 317 g/mol. The number of carbonyl (C=O) groups excluding carboxylic acids is 2. The van der Waals surface area contributed by atoms with Crippen LogP contribution in [0.2, 0.25) is 0 Å². The largest absolute Gasteiger partial charge is 0.466 e. The van der Waals surface area contributed by atoms with Gasteiger partial charge in [0.2, 0.25) is 0 Å². The lowest BCUT2D eigenvalue weighted by atomic mass is 9.86. The first-order valence-electron chi connectivity index (χ1n) is 8.39. The van der Waals surface area contributed by atoms with Gasteiger partial charge in [-0.2, -0.15) is 0 Å². The first kappa shape index (κ1) is 17.5. The second-order valence-corrected chi connectivity index (χ2v) is 7.15. The molecule has 1 saturated heterocycles. The van der Waals surface area contributed by atoms with Crippen molar-refractivity contribution < 1.29 is 14.3 Å². The molecule has 126 valence electrons. The van der Waals surface area contributed by atoms with Crippen molar-refractivity contribution in [2.75, 3.05) is 19.7 Å². The smallest absolute Gasteiger partial charge is 0.309 e. The summed E-state index contributed by atoms with van der Waals surface area (Å²) in [6.07, 6.45) is 1.37. The molecule has 4 nitrogen and oxygen atoms in total. The number of piperidine rings is 1. The predicted molar refractivity (Wildman–Crippen MR) is 90.4 cm³/mol. The van der Waals surface area contributed by atoms with Crippen LogP contribution in [0.4, 0.5) is 0 Å². The minimum Gasteiger partial charge on any atom is -0.466 e. The number of rotatable bonds is 3. The van der Waals surface area contributed by atoms with E-state index in [0.717, 1.165) is 0 Å². The lowest BCUT2D eigenvalue weighted by Gasteiger charge is -2.31. The number of ether oxygens (including phenoxy) is 1. The van der Waals surface area contributed by atoms with E-state index in [-0.39, 0.29) is 23.2 Å². The fourth-order valence-electron chi connectivity index (χ4n) is 2.87. The van der Waals surface area contributed by atoms with E-state index in [2.05, 4.69) is 20.8 Å². The number of hydrogen-bond donors (Lipinski definition) is 0. The Kier molecular flexibility index (Phi) is 5.45. The third kappa shape index (κ3) is 4.34. The Bertz CT molecular complexity index is 549. The van der Waals surface area contributed by atoms with Crippen LogP contribution in [0.1, 0.15) is 56.5 Å². The van der Waals surface area contributed by atoms with Crippen molar-refractivity contribution in [1.82, 2.24) is 4.90 Å². The highest BCUT2D eigenvalue weighted by atomic mass is 16.5. The molecule has 0 radical (unpaired) electrons. The second-order valence-electron chi connectivity index (χ2n) is 7.15. The Labute approximate surface area is 138 Å². The van der Waals surface area contributed by atoms with Crippen LogP contribution in [0.25, 0.3) is 0 Å². The zero-order valence-corrected chi connectivity index (χ0v) is 14.6. The molecule has 0 N–H and O–H groups in total. The van der Waals surface area contributed by atoms with Gasteiger partial charge in [0.25, 0.3) is 5.91 Å². The van der Waals surface area contributed by atoms with Gasteiger partial charge in [0.1, 0.15) is 0 Å². The van der Waals surface area contributed by atoms with E-state index < -0.39 is 0 Å². The van der Waals surface area contributed by atoms with E-state index >= 15 is 0 Å². The summed E-state index contributed by atoms with van der Waals surface area (Å²) in [7, 11) is 0. The Morgan fingerprint density at radius 3 is 2.17 bits per heavy atom. The maximum Gasteiger partial charge on any atom is 0.309 e. The maximum absolute atomic E-state index is 12.6. The summed E-state index contributed by atoms with van der Waals surface area (Å²) in [4.78, 5) is 26.2. The highest BCUT2D eigenvalue weighted by Gasteiger charge is 2.28. The summed E-state index contributed by atoms with van der Waals surface area (Å²) < 4.78 is 5.06. The third-order valence-electron chi connectivity index (χ3n) is 4.40. The van der Waals surface area contributed by atoms with E-state index in [0.29, 0.717) is 38.1 Å². The van der Waals surface area contributed by atoms with Crippen LogP contribution in [-0.2, 0) is 14.9 Å². The minimum absolute atomic E-state index is 0.0489. The van der Waals surface area contributed by atoms with Crippen molar-refractivity contribution in [2.45, 2.75) is 46.0 Å². The van der Waals surface area contributed by atoms with Crippen molar-refractivity contribution in [1.29, 1.82) is 0 Å². The van der Waals surface area contributed by atoms with Crippen LogP contribution in [-0.4, -0.2) is 36.5 Å². The molecule has 0 aliphatic carbocycles. The summed E-state index contributed by atoms with van der Waals surface area (Å²) in [5, 5.41) is 0. The van der Waals surface area contributed by atoms with Gasteiger partial charge in [0.05, 0.1) is 12.5 Å². The van der Waals surface area contributed by atoms with E-state index in [9.17, 15) is 9.59 Å². The van der Waals surface area contributed by atoms with Crippen molar-refractivity contribution in [3.8, 4) is 0 Å². The number of hydrogen-bond acceptors (Lipinski definition) is 3. The molecule has 0 saturated carbocycles. The average molecular weight is 317 g/mol. The third-order valence-corrected chi connectivity index (χ3v) is 4.40. The Hall–Kier alpha value is -1.84. The Morgan fingerprint density at radius 1 is 1.13 bits per heavy atom. The maximum atomic E-state index is 12.6. The Morgan fingerprint density at radius 2 is 1.70 bits per heavy atom. The van der Waals surface area contributed by atoms with Gasteiger partial charge in [-0.05, 0) is 42.9 Å². The standard InChI is InChI=1S/C19H27NO3/c1-5-23-18(22)15-10-12-20(13-11-15)17(21)14-6-8-16(9-7-14)19(2,3)4/h6-9,15H,5,10-13H2,1-4H3. The van der Waals surface area contributed by atoms with Crippen LogP contribution >= 0.6 is 0 Å². The highest BCUT2D eigenvalue weighted by molar-refractivity contribution is 5.94. The first-order chi connectivity index (χ1) is 10.8. The summed E-state index contributed by atoms with van der Waals surface area (Å²) in [5.74, 6) is -0.149. The number of nitrogens with zero attached hydrogens (tertiary/aromatic N) is 1. The molecule has 0 atom stereocenters. The fraction of sp³-hybridized carbons (Fsp3) is 0.579. The van der Waals surface area contributed by atoms with Gasteiger partial charge in [0.15, 0.2) is 0 Å². The molecule has 1 aromatic rings. The molecule has 1 aromatic carbocycles. The molecule has 0 bridgehead atoms. The van der Waals surface area contributed by atoms with Crippen LogP contribution in [0, 0.1) is 5.92 Å². The number of esters is 1. The van der Waals surface area contributed by atoms with Gasteiger partial charge in [-0.25, -0.2) is 0 Å². The van der Waals surface area contributed by atoms with E-state index in [1.54, 1.807) is 0 Å². The molecule has 0 aromatic heterocycles. The van der Waals surface area contributed by atoms with Gasteiger partial charge in [0, 0.05) is 18.7 Å². The van der Waals surface area contributed by atoms with Crippen LogP contribution in [0.5, 0.6) is 0 Å².